The second kappa shape index (κ2) is 9.18. The third-order valence-electron chi connectivity index (χ3n) is 7.66. The number of hydrogen-bond acceptors (Lipinski definition) is 3. The Labute approximate surface area is 191 Å². The van der Waals surface area contributed by atoms with Gasteiger partial charge in [0, 0.05) is 35.7 Å². The quantitative estimate of drug-likeness (QED) is 0.672. The van der Waals surface area contributed by atoms with Crippen LogP contribution in [0.3, 0.4) is 0 Å². The van der Waals surface area contributed by atoms with Crippen LogP contribution in [0.25, 0.3) is 10.9 Å². The van der Waals surface area contributed by atoms with Crippen molar-refractivity contribution in [3.8, 4) is 0 Å². The lowest BCUT2D eigenvalue weighted by molar-refractivity contribution is -0.127. The molecule has 1 aliphatic heterocycles. The van der Waals surface area contributed by atoms with Crippen LogP contribution in [0.2, 0.25) is 0 Å². The van der Waals surface area contributed by atoms with Gasteiger partial charge in [-0.2, -0.15) is 4.31 Å². The summed E-state index contributed by atoms with van der Waals surface area (Å²) < 4.78 is 28.6. The fourth-order valence-corrected chi connectivity index (χ4v) is 7.36. The predicted octanol–water partition coefficient (Wildman–Crippen LogP) is 4.29. The van der Waals surface area contributed by atoms with Gasteiger partial charge in [-0.3, -0.25) is 4.79 Å². The average molecular weight is 458 g/mol. The van der Waals surface area contributed by atoms with Gasteiger partial charge in [-0.05, 0) is 75.1 Å². The molecule has 0 bridgehead atoms. The van der Waals surface area contributed by atoms with E-state index in [4.69, 9.17) is 0 Å². The van der Waals surface area contributed by atoms with Crippen LogP contribution < -0.4 is 5.32 Å². The van der Waals surface area contributed by atoms with Crippen molar-refractivity contribution in [3.63, 3.8) is 0 Å². The molecule has 32 heavy (non-hydrogen) atoms. The monoisotopic (exact) mass is 457 g/mol. The highest BCUT2D eigenvalue weighted by atomic mass is 32.2. The number of amides is 1. The number of aryl methyl sites for hydroxylation is 2. The number of H-pyrrole nitrogens is 1. The highest BCUT2D eigenvalue weighted by Gasteiger charge is 2.34. The predicted molar refractivity (Wildman–Crippen MR) is 126 cm³/mol. The molecule has 0 spiro atoms. The molecule has 6 nitrogen and oxygen atoms in total. The number of hydrogen-bond donors (Lipinski definition) is 2. The Morgan fingerprint density at radius 3 is 2.59 bits per heavy atom. The molecule has 0 radical (unpaired) electrons. The fourth-order valence-electron chi connectivity index (χ4n) is 5.81. The van der Waals surface area contributed by atoms with E-state index in [1.165, 1.54) is 47.7 Å². The summed E-state index contributed by atoms with van der Waals surface area (Å²) in [6.07, 6.45) is 12.8. The molecule has 3 aliphatic rings. The van der Waals surface area contributed by atoms with Gasteiger partial charge in [-0.25, -0.2) is 8.42 Å². The van der Waals surface area contributed by atoms with E-state index in [1.54, 1.807) is 6.07 Å². The minimum Gasteiger partial charge on any atom is -0.358 e. The van der Waals surface area contributed by atoms with E-state index >= 15 is 0 Å². The second-order valence-electron chi connectivity index (χ2n) is 9.90. The van der Waals surface area contributed by atoms with E-state index in [0.29, 0.717) is 11.4 Å². The zero-order valence-corrected chi connectivity index (χ0v) is 19.7. The number of benzene rings is 1. The van der Waals surface area contributed by atoms with Crippen LogP contribution >= 0.6 is 0 Å². The highest BCUT2D eigenvalue weighted by Crippen LogP contribution is 2.32. The summed E-state index contributed by atoms with van der Waals surface area (Å²) in [6, 6.07) is 5.75. The lowest BCUT2D eigenvalue weighted by atomic mass is 9.93. The van der Waals surface area contributed by atoms with Gasteiger partial charge in [0.2, 0.25) is 15.9 Å². The maximum atomic E-state index is 13.5. The number of aromatic amines is 1. The van der Waals surface area contributed by atoms with Gasteiger partial charge < -0.3 is 10.3 Å². The fraction of sp³-hybridized carbons (Fsp3) is 0.640. The van der Waals surface area contributed by atoms with Crippen molar-refractivity contribution >= 4 is 26.8 Å². The zero-order valence-electron chi connectivity index (χ0n) is 18.9. The van der Waals surface area contributed by atoms with Crippen molar-refractivity contribution in [2.24, 2.45) is 5.92 Å². The van der Waals surface area contributed by atoms with Gasteiger partial charge in [0.05, 0.1) is 10.8 Å². The van der Waals surface area contributed by atoms with E-state index in [1.807, 2.05) is 12.1 Å². The average Bonchev–Trinajstić information content (AvgIpc) is 2.99. The van der Waals surface area contributed by atoms with Crippen molar-refractivity contribution in [2.45, 2.75) is 88.0 Å². The van der Waals surface area contributed by atoms with E-state index in [-0.39, 0.29) is 24.4 Å². The normalized spacial score (nSPS) is 23.6. The highest BCUT2D eigenvalue weighted by molar-refractivity contribution is 7.89. The number of carbonyl (C=O) groups is 1. The summed E-state index contributed by atoms with van der Waals surface area (Å²) in [4.78, 5) is 16.7. The zero-order chi connectivity index (χ0) is 22.1. The van der Waals surface area contributed by atoms with E-state index in [2.05, 4.69) is 10.3 Å². The molecule has 7 heteroatoms. The third kappa shape index (κ3) is 4.34. The number of aromatic nitrogens is 1. The van der Waals surface area contributed by atoms with Gasteiger partial charge in [0.15, 0.2) is 0 Å². The van der Waals surface area contributed by atoms with Gasteiger partial charge >= 0.3 is 0 Å². The standard InChI is InChI=1S/C25H35N3O3S/c29-25(26-19-9-3-1-4-10-19)18-8-7-15-28(17-18)32(30,31)20-13-14-24-22(16-20)21-11-5-2-6-12-23(21)27-24/h13-14,16,18-19,27H,1-12,15,17H2,(H,26,29)/t18-/m1/s1. The molecular weight excluding hydrogens is 422 g/mol. The van der Waals surface area contributed by atoms with Crippen LogP contribution in [0.15, 0.2) is 23.1 Å². The first-order valence-electron chi connectivity index (χ1n) is 12.5. The van der Waals surface area contributed by atoms with Crippen molar-refractivity contribution in [2.75, 3.05) is 13.1 Å². The summed E-state index contributed by atoms with van der Waals surface area (Å²) in [7, 11) is -3.63. The molecule has 0 unspecified atom stereocenters. The summed E-state index contributed by atoms with van der Waals surface area (Å²) in [5.74, 6) is -0.226. The van der Waals surface area contributed by atoms with Gasteiger partial charge in [-0.15, -0.1) is 0 Å². The molecule has 2 aliphatic carbocycles. The Morgan fingerprint density at radius 1 is 0.969 bits per heavy atom. The van der Waals surface area contributed by atoms with Crippen LogP contribution in [0, 0.1) is 5.92 Å². The smallest absolute Gasteiger partial charge is 0.243 e. The molecule has 2 N–H and O–H groups in total. The molecule has 1 aromatic heterocycles. The Morgan fingerprint density at radius 2 is 1.75 bits per heavy atom. The molecule has 1 saturated carbocycles. The molecule has 2 heterocycles. The molecule has 1 atom stereocenters. The van der Waals surface area contributed by atoms with Crippen LogP contribution in [0.5, 0.6) is 0 Å². The first kappa shape index (κ1) is 22.0. The minimum absolute atomic E-state index is 0.0307. The van der Waals surface area contributed by atoms with Gasteiger partial charge in [-0.1, -0.05) is 25.7 Å². The van der Waals surface area contributed by atoms with Crippen LogP contribution in [0.1, 0.15) is 75.5 Å². The number of rotatable bonds is 4. The number of nitrogens with one attached hydrogen (secondary N) is 2. The molecule has 2 fully saturated rings. The Kier molecular flexibility index (Phi) is 6.30. The summed E-state index contributed by atoms with van der Waals surface area (Å²) in [5, 5.41) is 4.24. The third-order valence-corrected chi connectivity index (χ3v) is 9.52. The Bertz CT molecular complexity index is 1090. The second-order valence-corrected chi connectivity index (χ2v) is 11.8. The molecule has 1 aromatic carbocycles. The number of nitrogens with zero attached hydrogens (tertiary/aromatic N) is 1. The molecule has 1 saturated heterocycles. The Hall–Kier alpha value is -1.86. The maximum Gasteiger partial charge on any atom is 0.243 e. The lowest BCUT2D eigenvalue weighted by Crippen LogP contribution is -2.47. The maximum absolute atomic E-state index is 13.5. The first-order valence-corrected chi connectivity index (χ1v) is 13.9. The van der Waals surface area contributed by atoms with Crippen LogP contribution in [-0.4, -0.2) is 42.7 Å². The van der Waals surface area contributed by atoms with Gasteiger partial charge in [0.25, 0.3) is 0 Å². The van der Waals surface area contributed by atoms with Gasteiger partial charge in [0.1, 0.15) is 0 Å². The molecule has 174 valence electrons. The molecular formula is C25H35N3O3S. The largest absolute Gasteiger partial charge is 0.358 e. The topological polar surface area (TPSA) is 82.3 Å². The first-order chi connectivity index (χ1) is 15.5. The van der Waals surface area contributed by atoms with Crippen molar-refractivity contribution in [3.05, 3.63) is 29.5 Å². The molecule has 1 amide bonds. The number of piperidine rings is 1. The summed E-state index contributed by atoms with van der Waals surface area (Å²) >= 11 is 0. The van der Waals surface area contributed by atoms with Crippen LogP contribution in [-0.2, 0) is 27.7 Å². The van der Waals surface area contributed by atoms with Crippen molar-refractivity contribution < 1.29 is 13.2 Å². The number of carbonyl (C=O) groups excluding carboxylic acids is 1. The Balaban J connectivity index is 1.34. The van der Waals surface area contributed by atoms with Crippen molar-refractivity contribution in [1.29, 1.82) is 0 Å². The van der Waals surface area contributed by atoms with E-state index in [9.17, 15) is 13.2 Å². The van der Waals surface area contributed by atoms with Crippen LogP contribution in [0.4, 0.5) is 0 Å². The summed E-state index contributed by atoms with van der Waals surface area (Å²) in [5.41, 5.74) is 3.58. The summed E-state index contributed by atoms with van der Waals surface area (Å²) in [6.45, 7) is 0.767. The molecule has 5 rings (SSSR count). The lowest BCUT2D eigenvalue weighted by Gasteiger charge is -2.32. The minimum atomic E-state index is -3.63. The van der Waals surface area contributed by atoms with Crippen molar-refractivity contribution in [1.82, 2.24) is 14.6 Å². The molecule has 2 aromatic rings. The SMILES string of the molecule is O=C(NC1CCCCC1)[C@@H]1CCCN(S(=O)(=O)c2ccc3[nH]c4c(c3c2)CCCCC4)C1. The van der Waals surface area contributed by atoms with E-state index < -0.39 is 10.0 Å². The van der Waals surface area contributed by atoms with E-state index in [0.717, 1.165) is 55.8 Å². The number of sulfonamides is 1. The number of fused-ring (bicyclic) bond motifs is 3.